The number of hydrogen-bond acceptors (Lipinski definition) is 8. The highest BCUT2D eigenvalue weighted by Crippen LogP contribution is 2.40. The SMILES string of the molecule is O=C(O)CCCCCCC(=O)NCc1cccc(-c2cccc(C3OC(CSc4ncn[nH]4)CC(c4ccc(CO)cc4)O3)c2)c1. The predicted molar refractivity (Wildman–Crippen MR) is 175 cm³/mol. The second-order valence-corrected chi connectivity index (χ2v) is 12.4. The Balaban J connectivity index is 1.23. The highest BCUT2D eigenvalue weighted by Gasteiger charge is 2.32. The molecule has 1 aliphatic rings. The monoisotopic (exact) mass is 644 g/mol. The van der Waals surface area contributed by atoms with E-state index in [1.54, 1.807) is 11.8 Å². The fourth-order valence-electron chi connectivity index (χ4n) is 5.39. The van der Waals surface area contributed by atoms with E-state index in [9.17, 15) is 14.7 Å². The lowest BCUT2D eigenvalue weighted by Crippen LogP contribution is -2.31. The zero-order chi connectivity index (χ0) is 32.1. The molecule has 0 radical (unpaired) electrons. The van der Waals surface area contributed by atoms with Gasteiger partial charge in [-0.25, -0.2) is 4.98 Å². The lowest BCUT2D eigenvalue weighted by atomic mass is 9.99. The van der Waals surface area contributed by atoms with Crippen molar-refractivity contribution < 1.29 is 29.3 Å². The normalized spacial score (nSPS) is 17.9. The molecule has 1 aliphatic heterocycles. The molecule has 2 heterocycles. The van der Waals surface area contributed by atoms with Crippen LogP contribution in [0.25, 0.3) is 11.1 Å². The van der Waals surface area contributed by atoms with E-state index in [4.69, 9.17) is 14.6 Å². The van der Waals surface area contributed by atoms with Crippen LogP contribution in [0.2, 0.25) is 0 Å². The van der Waals surface area contributed by atoms with Crippen LogP contribution in [0.15, 0.2) is 84.3 Å². The van der Waals surface area contributed by atoms with E-state index >= 15 is 0 Å². The Morgan fingerprint density at radius 2 is 1.65 bits per heavy atom. The van der Waals surface area contributed by atoms with Crippen LogP contribution in [0.3, 0.4) is 0 Å². The topological polar surface area (TPSA) is 147 Å². The zero-order valence-corrected chi connectivity index (χ0v) is 26.5. The minimum Gasteiger partial charge on any atom is -0.481 e. The van der Waals surface area contributed by atoms with E-state index < -0.39 is 12.3 Å². The third-order valence-corrected chi connectivity index (χ3v) is 8.88. The molecule has 4 aromatic rings. The van der Waals surface area contributed by atoms with Gasteiger partial charge in [0.1, 0.15) is 6.33 Å². The van der Waals surface area contributed by atoms with Gasteiger partial charge < -0.3 is 25.0 Å². The molecule has 3 unspecified atom stereocenters. The van der Waals surface area contributed by atoms with E-state index in [1.807, 2.05) is 54.6 Å². The number of rotatable bonds is 16. The van der Waals surface area contributed by atoms with Crippen LogP contribution in [-0.4, -0.2) is 49.1 Å². The summed E-state index contributed by atoms with van der Waals surface area (Å²) in [5.41, 5.74) is 5.83. The maximum Gasteiger partial charge on any atom is 0.303 e. The van der Waals surface area contributed by atoms with Crippen molar-refractivity contribution in [2.75, 3.05) is 5.75 Å². The van der Waals surface area contributed by atoms with Crippen molar-refractivity contribution in [2.45, 2.75) is 81.8 Å². The number of thioether (sulfide) groups is 1. The molecular weight excluding hydrogens is 604 g/mol. The first-order chi connectivity index (χ1) is 22.5. The average Bonchev–Trinajstić information content (AvgIpc) is 3.62. The molecule has 10 nitrogen and oxygen atoms in total. The summed E-state index contributed by atoms with van der Waals surface area (Å²) in [6.07, 6.45) is 4.96. The first-order valence-corrected chi connectivity index (χ1v) is 16.6. The molecule has 1 aromatic heterocycles. The van der Waals surface area contributed by atoms with Gasteiger partial charge in [-0.05, 0) is 52.8 Å². The number of hydrogen-bond donors (Lipinski definition) is 4. The van der Waals surface area contributed by atoms with Gasteiger partial charge in [0.2, 0.25) is 5.91 Å². The van der Waals surface area contributed by atoms with Gasteiger partial charge in [0.15, 0.2) is 11.4 Å². The second-order valence-electron chi connectivity index (χ2n) is 11.4. The molecule has 242 valence electrons. The molecule has 0 spiro atoms. The minimum absolute atomic E-state index is 0.00573. The maximum absolute atomic E-state index is 12.4. The number of nitrogens with one attached hydrogen (secondary N) is 2. The van der Waals surface area contributed by atoms with Gasteiger partial charge in [-0.1, -0.05) is 85.3 Å². The standard InChI is InChI=1S/C35H40N4O6S/c40-21-24-13-15-26(16-14-24)31-19-30(22-46-35-37-23-38-39-35)44-34(45-31)29-10-6-9-28(18-29)27-8-5-7-25(17-27)20-36-32(41)11-3-1-2-4-12-33(42)43/h5-10,13-18,23,30-31,34,40H,1-4,11-12,19-22H2,(H,36,41)(H,42,43)(H,37,38,39). The van der Waals surface area contributed by atoms with Crippen molar-refractivity contribution in [3.63, 3.8) is 0 Å². The molecule has 3 aromatic carbocycles. The maximum atomic E-state index is 12.4. The van der Waals surface area contributed by atoms with Gasteiger partial charge in [0, 0.05) is 37.1 Å². The van der Waals surface area contributed by atoms with Crippen LogP contribution in [-0.2, 0) is 32.2 Å². The number of aliphatic carboxylic acids is 1. The van der Waals surface area contributed by atoms with Crippen molar-refractivity contribution in [1.82, 2.24) is 20.5 Å². The fourth-order valence-corrected chi connectivity index (χ4v) is 6.19. The first-order valence-electron chi connectivity index (χ1n) is 15.6. The Morgan fingerprint density at radius 3 is 2.39 bits per heavy atom. The summed E-state index contributed by atoms with van der Waals surface area (Å²) in [4.78, 5) is 27.2. The molecule has 4 N–H and O–H groups in total. The lowest BCUT2D eigenvalue weighted by Gasteiger charge is -2.36. The Morgan fingerprint density at radius 1 is 0.891 bits per heavy atom. The Kier molecular flexibility index (Phi) is 12.4. The summed E-state index contributed by atoms with van der Waals surface area (Å²) in [5.74, 6) is -0.104. The van der Waals surface area contributed by atoms with Crippen molar-refractivity contribution in [1.29, 1.82) is 0 Å². The van der Waals surface area contributed by atoms with Crippen LogP contribution < -0.4 is 5.32 Å². The summed E-state index contributed by atoms with van der Waals surface area (Å²) in [5, 5.41) is 28.8. The van der Waals surface area contributed by atoms with E-state index in [-0.39, 0.29) is 31.1 Å². The molecule has 46 heavy (non-hydrogen) atoms. The fraction of sp³-hybridized carbons (Fsp3) is 0.371. The van der Waals surface area contributed by atoms with Crippen molar-refractivity contribution in [3.8, 4) is 11.1 Å². The number of carbonyl (C=O) groups excluding carboxylic acids is 1. The number of nitrogens with zero attached hydrogens (tertiary/aromatic N) is 2. The lowest BCUT2D eigenvalue weighted by molar-refractivity contribution is -0.245. The van der Waals surface area contributed by atoms with Crippen LogP contribution in [0.5, 0.6) is 0 Å². The largest absolute Gasteiger partial charge is 0.481 e. The zero-order valence-electron chi connectivity index (χ0n) is 25.6. The van der Waals surface area contributed by atoms with Crippen molar-refractivity contribution in [2.24, 2.45) is 0 Å². The number of aliphatic hydroxyl groups excluding tert-OH is 1. The quantitative estimate of drug-likeness (QED) is 0.0810. The van der Waals surface area contributed by atoms with Gasteiger partial charge in [-0.15, -0.1) is 0 Å². The van der Waals surface area contributed by atoms with Crippen LogP contribution in [0.4, 0.5) is 0 Å². The number of carboxylic acids is 1. The van der Waals surface area contributed by atoms with Crippen LogP contribution in [0, 0.1) is 0 Å². The molecule has 5 rings (SSSR count). The van der Waals surface area contributed by atoms with Crippen molar-refractivity contribution >= 4 is 23.6 Å². The van der Waals surface area contributed by atoms with Gasteiger partial charge in [-0.2, -0.15) is 5.10 Å². The number of benzene rings is 3. The number of carboxylic acid groups (broad SMARTS) is 1. The van der Waals surface area contributed by atoms with Gasteiger partial charge in [0.05, 0.1) is 18.8 Å². The molecule has 1 saturated heterocycles. The summed E-state index contributed by atoms with van der Waals surface area (Å²) in [6.45, 7) is 0.424. The van der Waals surface area contributed by atoms with E-state index in [1.165, 1.54) is 6.33 Å². The molecule has 0 saturated carbocycles. The third-order valence-electron chi connectivity index (χ3n) is 7.87. The second kappa shape index (κ2) is 17.0. The summed E-state index contributed by atoms with van der Waals surface area (Å²) < 4.78 is 13.0. The van der Waals surface area contributed by atoms with E-state index in [0.29, 0.717) is 31.6 Å². The molecular formula is C35H40N4O6S. The summed E-state index contributed by atoms with van der Waals surface area (Å²) in [6, 6.07) is 24.1. The van der Waals surface area contributed by atoms with Gasteiger partial charge in [-0.3, -0.25) is 14.7 Å². The number of ether oxygens (including phenoxy) is 2. The highest BCUT2D eigenvalue weighted by molar-refractivity contribution is 7.99. The minimum atomic E-state index is -0.777. The van der Waals surface area contributed by atoms with Crippen LogP contribution >= 0.6 is 11.8 Å². The molecule has 0 aliphatic carbocycles. The summed E-state index contributed by atoms with van der Waals surface area (Å²) >= 11 is 1.56. The molecule has 3 atom stereocenters. The molecule has 1 fully saturated rings. The first kappa shape index (κ1) is 33.3. The van der Waals surface area contributed by atoms with Gasteiger partial charge in [0.25, 0.3) is 0 Å². The van der Waals surface area contributed by atoms with E-state index in [2.05, 4.69) is 38.7 Å². The number of aromatic amines is 1. The predicted octanol–water partition coefficient (Wildman–Crippen LogP) is 6.34. The summed E-state index contributed by atoms with van der Waals surface area (Å²) in [7, 11) is 0. The number of aliphatic hydroxyl groups is 1. The number of unbranched alkanes of at least 4 members (excludes halogenated alkanes) is 3. The Hall–Kier alpha value is -4.03. The molecule has 1 amide bonds. The van der Waals surface area contributed by atoms with Gasteiger partial charge >= 0.3 is 5.97 Å². The Labute approximate surface area is 272 Å². The number of H-pyrrole nitrogens is 1. The Bertz CT molecular complexity index is 1550. The third kappa shape index (κ3) is 9.98. The van der Waals surface area contributed by atoms with Crippen LogP contribution in [0.1, 0.15) is 79.6 Å². The average molecular weight is 645 g/mol. The highest BCUT2D eigenvalue weighted by atomic mass is 32.2. The number of aromatic nitrogens is 3. The number of amides is 1. The molecule has 11 heteroatoms. The smallest absolute Gasteiger partial charge is 0.303 e. The number of carbonyl (C=O) groups is 2. The van der Waals surface area contributed by atoms with E-state index in [0.717, 1.165) is 57.8 Å². The van der Waals surface area contributed by atoms with Crippen molar-refractivity contribution in [3.05, 3.63) is 101 Å². The molecule has 0 bridgehead atoms.